The summed E-state index contributed by atoms with van der Waals surface area (Å²) in [7, 11) is 1.45. The lowest BCUT2D eigenvalue weighted by molar-refractivity contribution is 0.102. The van der Waals surface area contributed by atoms with Crippen molar-refractivity contribution in [2.75, 3.05) is 12.4 Å². The van der Waals surface area contributed by atoms with Crippen LogP contribution in [0.2, 0.25) is 0 Å². The van der Waals surface area contributed by atoms with Gasteiger partial charge in [-0.05, 0) is 19.1 Å². The minimum absolute atomic E-state index is 0.168. The van der Waals surface area contributed by atoms with E-state index in [0.29, 0.717) is 5.56 Å². The van der Waals surface area contributed by atoms with Gasteiger partial charge in [-0.3, -0.25) is 15.1 Å². The number of anilines is 1. The van der Waals surface area contributed by atoms with Crippen molar-refractivity contribution in [1.82, 2.24) is 20.2 Å². The van der Waals surface area contributed by atoms with Gasteiger partial charge < -0.3 is 4.74 Å². The molecular weight excluding hydrogens is 270 g/mol. The quantitative estimate of drug-likeness (QED) is 0.766. The zero-order valence-electron chi connectivity index (χ0n) is 11.5. The number of amides is 1. The molecule has 0 aliphatic rings. The van der Waals surface area contributed by atoms with Crippen molar-refractivity contribution in [3.63, 3.8) is 0 Å². The van der Waals surface area contributed by atoms with E-state index in [1.165, 1.54) is 7.11 Å². The second-order valence-corrected chi connectivity index (χ2v) is 4.45. The fourth-order valence-electron chi connectivity index (χ4n) is 2.06. The van der Waals surface area contributed by atoms with Crippen molar-refractivity contribution < 1.29 is 9.53 Å². The normalized spacial score (nSPS) is 10.6. The summed E-state index contributed by atoms with van der Waals surface area (Å²) in [5.74, 6) is -0.0501. The maximum Gasteiger partial charge on any atom is 0.336 e. The van der Waals surface area contributed by atoms with Crippen LogP contribution >= 0.6 is 0 Å². The molecule has 2 heterocycles. The molecule has 3 aromatic rings. The third-order valence-corrected chi connectivity index (χ3v) is 2.97. The van der Waals surface area contributed by atoms with Crippen LogP contribution in [0.25, 0.3) is 10.9 Å². The van der Waals surface area contributed by atoms with Gasteiger partial charge in [-0.1, -0.05) is 18.2 Å². The molecule has 7 heteroatoms. The van der Waals surface area contributed by atoms with Gasteiger partial charge in [0.25, 0.3) is 5.91 Å². The van der Waals surface area contributed by atoms with Crippen LogP contribution in [-0.2, 0) is 0 Å². The average molecular weight is 283 g/mol. The number of H-pyrrole nitrogens is 1. The molecule has 1 amide bonds. The Morgan fingerprint density at radius 1 is 1.29 bits per heavy atom. The van der Waals surface area contributed by atoms with Crippen LogP contribution in [0.4, 0.5) is 5.95 Å². The predicted octanol–water partition coefficient (Wildman–Crippen LogP) is 1.92. The van der Waals surface area contributed by atoms with Gasteiger partial charge in [0.2, 0.25) is 5.95 Å². The molecule has 0 spiro atoms. The molecule has 0 saturated carbocycles. The molecule has 0 aliphatic heterocycles. The predicted molar refractivity (Wildman–Crippen MR) is 77.4 cm³/mol. The third-order valence-electron chi connectivity index (χ3n) is 2.97. The number of benzene rings is 1. The van der Waals surface area contributed by atoms with Crippen LogP contribution in [0.3, 0.4) is 0 Å². The van der Waals surface area contributed by atoms with Gasteiger partial charge in [0, 0.05) is 11.1 Å². The van der Waals surface area contributed by atoms with Gasteiger partial charge in [0.1, 0.15) is 0 Å². The largest absolute Gasteiger partial charge is 0.466 e. The molecule has 0 fully saturated rings. The number of para-hydroxylation sites is 1. The van der Waals surface area contributed by atoms with E-state index in [9.17, 15) is 4.79 Å². The maximum atomic E-state index is 12.4. The lowest BCUT2D eigenvalue weighted by Gasteiger charge is -2.07. The Kier molecular flexibility index (Phi) is 3.23. The number of aryl methyl sites for hydroxylation is 1. The second kappa shape index (κ2) is 5.20. The summed E-state index contributed by atoms with van der Waals surface area (Å²) in [6.07, 6.45) is 0. The Bertz CT molecular complexity index is 812. The Morgan fingerprint density at radius 2 is 2.10 bits per heavy atom. The van der Waals surface area contributed by atoms with Gasteiger partial charge >= 0.3 is 6.01 Å². The summed E-state index contributed by atoms with van der Waals surface area (Å²) in [5.41, 5.74) is 2.08. The van der Waals surface area contributed by atoms with Crippen LogP contribution in [0.15, 0.2) is 30.3 Å². The number of nitrogens with one attached hydrogen (secondary N) is 2. The smallest absolute Gasteiger partial charge is 0.336 e. The van der Waals surface area contributed by atoms with E-state index in [-0.39, 0.29) is 17.9 Å². The molecule has 1 aromatic carbocycles. The Balaban J connectivity index is 1.97. The molecule has 21 heavy (non-hydrogen) atoms. The SMILES string of the molecule is COc1n[nH]c(NC(=O)c2cc(C)nc3ccccc23)n1. The number of fused-ring (bicyclic) bond motifs is 1. The molecule has 2 N–H and O–H groups in total. The minimum atomic E-state index is -0.282. The summed E-state index contributed by atoms with van der Waals surface area (Å²) >= 11 is 0. The highest BCUT2D eigenvalue weighted by atomic mass is 16.5. The number of ether oxygens (including phenoxy) is 1. The molecule has 7 nitrogen and oxygen atoms in total. The lowest BCUT2D eigenvalue weighted by atomic mass is 10.1. The molecule has 0 aliphatic carbocycles. The molecule has 2 aromatic heterocycles. The van der Waals surface area contributed by atoms with E-state index >= 15 is 0 Å². The average Bonchev–Trinajstić information content (AvgIpc) is 2.94. The molecule has 0 radical (unpaired) electrons. The van der Waals surface area contributed by atoms with Crippen LogP contribution in [0, 0.1) is 6.92 Å². The van der Waals surface area contributed by atoms with E-state index < -0.39 is 0 Å². The molecular formula is C14H13N5O2. The van der Waals surface area contributed by atoms with Gasteiger partial charge in [-0.15, -0.1) is 5.10 Å². The molecule has 0 saturated heterocycles. The number of nitrogens with zero attached hydrogens (tertiary/aromatic N) is 3. The second-order valence-electron chi connectivity index (χ2n) is 4.45. The summed E-state index contributed by atoms with van der Waals surface area (Å²) in [6.45, 7) is 1.85. The van der Waals surface area contributed by atoms with Gasteiger partial charge in [0.05, 0.1) is 18.2 Å². The molecule has 106 valence electrons. The Morgan fingerprint density at radius 3 is 2.86 bits per heavy atom. The van der Waals surface area contributed by atoms with Gasteiger partial charge in [-0.25, -0.2) is 5.10 Å². The number of methoxy groups -OCH3 is 1. The fourth-order valence-corrected chi connectivity index (χ4v) is 2.06. The van der Waals surface area contributed by atoms with E-state index in [1.807, 2.05) is 31.2 Å². The van der Waals surface area contributed by atoms with Gasteiger partial charge in [0.15, 0.2) is 0 Å². The first kappa shape index (κ1) is 13.0. The Labute approximate surface area is 120 Å². The van der Waals surface area contributed by atoms with Crippen molar-refractivity contribution in [3.05, 3.63) is 41.6 Å². The number of pyridine rings is 1. The summed E-state index contributed by atoms with van der Waals surface area (Å²) < 4.78 is 4.86. The van der Waals surface area contributed by atoms with Crippen LogP contribution in [0.5, 0.6) is 6.01 Å². The molecule has 0 unspecified atom stereocenters. The zero-order chi connectivity index (χ0) is 14.8. The molecule has 0 bridgehead atoms. The highest BCUT2D eigenvalue weighted by molar-refractivity contribution is 6.11. The van der Waals surface area contributed by atoms with Crippen molar-refractivity contribution >= 4 is 22.8 Å². The first-order chi connectivity index (χ1) is 10.2. The highest BCUT2D eigenvalue weighted by Crippen LogP contribution is 2.19. The topological polar surface area (TPSA) is 92.8 Å². The first-order valence-electron chi connectivity index (χ1n) is 6.31. The monoisotopic (exact) mass is 283 g/mol. The summed E-state index contributed by atoms with van der Waals surface area (Å²) in [6, 6.07) is 9.39. The first-order valence-corrected chi connectivity index (χ1v) is 6.31. The van der Waals surface area contributed by atoms with E-state index in [0.717, 1.165) is 16.6 Å². The van der Waals surface area contributed by atoms with E-state index in [4.69, 9.17) is 4.74 Å². The van der Waals surface area contributed by atoms with E-state index in [1.54, 1.807) is 6.07 Å². The number of carbonyl (C=O) groups is 1. The molecule has 0 atom stereocenters. The van der Waals surface area contributed by atoms with Crippen molar-refractivity contribution in [2.45, 2.75) is 6.92 Å². The van der Waals surface area contributed by atoms with Crippen LogP contribution in [0.1, 0.15) is 16.1 Å². The molecule has 3 rings (SSSR count). The number of hydrogen-bond acceptors (Lipinski definition) is 5. The number of hydrogen-bond donors (Lipinski definition) is 2. The summed E-state index contributed by atoms with van der Waals surface area (Å²) in [4.78, 5) is 20.8. The number of aromatic amines is 1. The van der Waals surface area contributed by atoms with Crippen molar-refractivity contribution in [2.24, 2.45) is 0 Å². The van der Waals surface area contributed by atoms with Crippen LogP contribution < -0.4 is 10.1 Å². The Hall–Kier alpha value is -2.96. The minimum Gasteiger partial charge on any atom is -0.466 e. The fraction of sp³-hybridized carbons (Fsp3) is 0.143. The highest BCUT2D eigenvalue weighted by Gasteiger charge is 2.14. The van der Waals surface area contributed by atoms with Crippen molar-refractivity contribution in [1.29, 1.82) is 0 Å². The summed E-state index contributed by atoms with van der Waals surface area (Å²) in [5, 5.41) is 9.80. The third kappa shape index (κ3) is 2.53. The van der Waals surface area contributed by atoms with Crippen molar-refractivity contribution in [3.8, 4) is 6.01 Å². The maximum absolute atomic E-state index is 12.4. The van der Waals surface area contributed by atoms with Crippen LogP contribution in [-0.4, -0.2) is 33.2 Å². The number of rotatable bonds is 3. The number of aromatic nitrogens is 4. The lowest BCUT2D eigenvalue weighted by Crippen LogP contribution is -2.14. The standard InChI is InChI=1S/C14H13N5O2/c1-8-7-10(9-5-3-4-6-11(9)15-8)12(20)16-13-17-14(21-2)19-18-13/h3-7H,1-2H3,(H2,16,17,18,19,20). The van der Waals surface area contributed by atoms with Gasteiger partial charge in [-0.2, -0.15) is 4.98 Å². The zero-order valence-corrected chi connectivity index (χ0v) is 11.5. The number of carbonyl (C=O) groups excluding carboxylic acids is 1. The van der Waals surface area contributed by atoms with E-state index in [2.05, 4.69) is 25.5 Å².